The van der Waals surface area contributed by atoms with Gasteiger partial charge in [0.25, 0.3) is 0 Å². The molecular weight excluding hydrogens is 270 g/mol. The molecule has 0 saturated carbocycles. The summed E-state index contributed by atoms with van der Waals surface area (Å²) in [6, 6.07) is 7.00. The van der Waals surface area contributed by atoms with Crippen LogP contribution in [0.1, 0.15) is 20.3 Å². The number of benzene rings is 1. The van der Waals surface area contributed by atoms with Crippen LogP contribution in [0.3, 0.4) is 0 Å². The molecular formula is C15H21N3O3. The minimum absolute atomic E-state index is 0.0922. The smallest absolute Gasteiger partial charge is 0.322 e. The molecule has 0 unspecified atom stereocenters. The third kappa shape index (κ3) is 4.37. The molecule has 0 bridgehead atoms. The van der Waals surface area contributed by atoms with Gasteiger partial charge in [0.1, 0.15) is 12.3 Å². The highest BCUT2D eigenvalue weighted by molar-refractivity contribution is 5.93. The number of carbonyl (C=O) groups excluding carboxylic acids is 2. The van der Waals surface area contributed by atoms with Crippen LogP contribution < -0.4 is 15.4 Å². The van der Waals surface area contributed by atoms with E-state index in [4.69, 9.17) is 4.74 Å². The predicted octanol–water partition coefficient (Wildman–Crippen LogP) is 1.83. The molecule has 1 heterocycles. The molecule has 1 aromatic rings. The van der Waals surface area contributed by atoms with Crippen LogP contribution in [0.2, 0.25) is 0 Å². The number of nitrogens with zero attached hydrogens (tertiary/aromatic N) is 1. The lowest BCUT2D eigenvalue weighted by Gasteiger charge is -2.26. The summed E-state index contributed by atoms with van der Waals surface area (Å²) in [6.45, 7) is 5.15. The van der Waals surface area contributed by atoms with E-state index in [9.17, 15) is 9.59 Å². The van der Waals surface area contributed by atoms with Gasteiger partial charge < -0.3 is 20.3 Å². The van der Waals surface area contributed by atoms with Crippen LogP contribution in [0.5, 0.6) is 5.75 Å². The molecule has 0 spiro atoms. The van der Waals surface area contributed by atoms with Gasteiger partial charge in [-0.05, 0) is 25.5 Å². The summed E-state index contributed by atoms with van der Waals surface area (Å²) >= 11 is 0. The lowest BCUT2D eigenvalue weighted by molar-refractivity contribution is -0.123. The number of hydrogen-bond acceptors (Lipinski definition) is 3. The second kappa shape index (κ2) is 6.97. The molecule has 1 aliphatic rings. The fraction of sp³-hybridized carbons (Fsp3) is 0.467. The van der Waals surface area contributed by atoms with Crippen LogP contribution in [0, 0.1) is 0 Å². The van der Waals surface area contributed by atoms with Gasteiger partial charge in [0.05, 0.1) is 6.10 Å². The first-order chi connectivity index (χ1) is 10.1. The minimum Gasteiger partial charge on any atom is -0.491 e. The highest BCUT2D eigenvalue weighted by Crippen LogP contribution is 2.19. The molecule has 0 aliphatic carbocycles. The predicted molar refractivity (Wildman–Crippen MR) is 80.4 cm³/mol. The van der Waals surface area contributed by atoms with Crippen LogP contribution in [0.25, 0.3) is 0 Å². The van der Waals surface area contributed by atoms with Crippen molar-refractivity contribution in [3.8, 4) is 5.75 Å². The Balaban J connectivity index is 1.97. The zero-order valence-electron chi connectivity index (χ0n) is 12.4. The van der Waals surface area contributed by atoms with E-state index in [-0.39, 0.29) is 24.6 Å². The van der Waals surface area contributed by atoms with E-state index < -0.39 is 0 Å². The Morgan fingerprint density at radius 3 is 3.05 bits per heavy atom. The molecule has 0 radical (unpaired) electrons. The summed E-state index contributed by atoms with van der Waals surface area (Å²) < 4.78 is 5.72. The molecule has 1 atom stereocenters. The Bertz CT molecular complexity index is 519. The summed E-state index contributed by atoms with van der Waals surface area (Å²) in [5, 5.41) is 5.48. The van der Waals surface area contributed by atoms with E-state index in [2.05, 4.69) is 17.6 Å². The second-order valence-corrected chi connectivity index (χ2v) is 5.07. The van der Waals surface area contributed by atoms with Gasteiger partial charge in [-0.1, -0.05) is 13.0 Å². The molecule has 3 amide bonds. The fourth-order valence-electron chi connectivity index (χ4n) is 1.98. The number of amides is 3. The Morgan fingerprint density at radius 2 is 2.33 bits per heavy atom. The summed E-state index contributed by atoms with van der Waals surface area (Å²) in [5.74, 6) is 0.587. The average molecular weight is 291 g/mol. The first kappa shape index (κ1) is 15.2. The number of rotatable bonds is 4. The fourth-order valence-corrected chi connectivity index (χ4v) is 1.98. The molecule has 6 heteroatoms. The normalized spacial score (nSPS) is 16.1. The van der Waals surface area contributed by atoms with E-state index in [1.54, 1.807) is 12.1 Å². The number of anilines is 1. The number of nitrogens with one attached hydrogen (secondary N) is 2. The molecule has 1 aromatic carbocycles. The van der Waals surface area contributed by atoms with Gasteiger partial charge in [-0.15, -0.1) is 0 Å². The maximum Gasteiger partial charge on any atom is 0.322 e. The number of hydrogen-bond donors (Lipinski definition) is 2. The van der Waals surface area contributed by atoms with E-state index in [0.29, 0.717) is 18.8 Å². The van der Waals surface area contributed by atoms with E-state index in [1.807, 2.05) is 19.1 Å². The average Bonchev–Trinajstić information content (AvgIpc) is 2.47. The number of piperazine rings is 1. The van der Waals surface area contributed by atoms with E-state index in [1.165, 1.54) is 4.90 Å². The van der Waals surface area contributed by atoms with Gasteiger partial charge >= 0.3 is 6.03 Å². The third-order valence-corrected chi connectivity index (χ3v) is 3.32. The first-order valence-corrected chi connectivity index (χ1v) is 7.18. The first-order valence-electron chi connectivity index (χ1n) is 7.18. The molecule has 2 N–H and O–H groups in total. The zero-order chi connectivity index (χ0) is 15.2. The third-order valence-electron chi connectivity index (χ3n) is 3.32. The Labute approximate surface area is 124 Å². The van der Waals surface area contributed by atoms with Gasteiger partial charge in [-0.3, -0.25) is 4.79 Å². The van der Waals surface area contributed by atoms with Gasteiger partial charge in [0.2, 0.25) is 5.91 Å². The lowest BCUT2D eigenvalue weighted by atomic mass is 10.2. The summed E-state index contributed by atoms with van der Waals surface area (Å²) in [6.07, 6.45) is 1.04. The molecule has 1 aliphatic heterocycles. The largest absolute Gasteiger partial charge is 0.491 e. The van der Waals surface area contributed by atoms with Crippen molar-refractivity contribution in [3.63, 3.8) is 0 Å². The van der Waals surface area contributed by atoms with Crippen LogP contribution >= 0.6 is 0 Å². The van der Waals surface area contributed by atoms with Crippen molar-refractivity contribution in [1.29, 1.82) is 0 Å². The molecule has 6 nitrogen and oxygen atoms in total. The lowest BCUT2D eigenvalue weighted by Crippen LogP contribution is -2.51. The molecule has 114 valence electrons. The number of carbonyl (C=O) groups is 2. The SMILES string of the molecule is CC[C@@H](C)Oc1cccc(NC(=O)N2CCNC(=O)C2)c1. The van der Waals surface area contributed by atoms with Crippen molar-refractivity contribution in [2.24, 2.45) is 0 Å². The van der Waals surface area contributed by atoms with Gasteiger partial charge in [0.15, 0.2) is 0 Å². The van der Waals surface area contributed by atoms with Gasteiger partial charge in [0, 0.05) is 24.8 Å². The highest BCUT2D eigenvalue weighted by atomic mass is 16.5. The summed E-state index contributed by atoms with van der Waals surface area (Å²) in [4.78, 5) is 24.9. The number of ether oxygens (including phenoxy) is 1. The zero-order valence-corrected chi connectivity index (χ0v) is 12.4. The Kier molecular flexibility index (Phi) is 5.03. The van der Waals surface area contributed by atoms with Crippen molar-refractivity contribution in [3.05, 3.63) is 24.3 Å². The van der Waals surface area contributed by atoms with Crippen LogP contribution in [-0.2, 0) is 4.79 Å². The van der Waals surface area contributed by atoms with Crippen LogP contribution in [0.4, 0.5) is 10.5 Å². The quantitative estimate of drug-likeness (QED) is 0.889. The monoisotopic (exact) mass is 291 g/mol. The van der Waals surface area contributed by atoms with Crippen molar-refractivity contribution in [1.82, 2.24) is 10.2 Å². The minimum atomic E-state index is -0.273. The maximum atomic E-state index is 12.1. The molecule has 1 saturated heterocycles. The van der Waals surface area contributed by atoms with Crippen LogP contribution in [-0.4, -0.2) is 42.6 Å². The van der Waals surface area contributed by atoms with E-state index >= 15 is 0 Å². The Hall–Kier alpha value is -2.24. The molecule has 0 aromatic heterocycles. The van der Waals surface area contributed by atoms with Crippen molar-refractivity contribution in [2.45, 2.75) is 26.4 Å². The second-order valence-electron chi connectivity index (χ2n) is 5.07. The standard InChI is InChI=1S/C15H21N3O3/c1-3-11(2)21-13-6-4-5-12(9-13)17-15(20)18-8-7-16-14(19)10-18/h4-6,9,11H,3,7-8,10H2,1-2H3,(H,16,19)(H,17,20)/t11-/m1/s1. The number of urea groups is 1. The Morgan fingerprint density at radius 1 is 1.52 bits per heavy atom. The summed E-state index contributed by atoms with van der Waals surface area (Å²) in [5.41, 5.74) is 0.659. The topological polar surface area (TPSA) is 70.7 Å². The summed E-state index contributed by atoms with van der Waals surface area (Å²) in [7, 11) is 0. The van der Waals surface area contributed by atoms with Crippen molar-refractivity contribution < 1.29 is 14.3 Å². The molecule has 2 rings (SSSR count). The van der Waals surface area contributed by atoms with Crippen LogP contribution in [0.15, 0.2) is 24.3 Å². The molecule has 1 fully saturated rings. The van der Waals surface area contributed by atoms with Crippen molar-refractivity contribution >= 4 is 17.6 Å². The maximum absolute atomic E-state index is 12.1. The van der Waals surface area contributed by atoms with Crippen molar-refractivity contribution in [2.75, 3.05) is 25.0 Å². The van der Waals surface area contributed by atoms with E-state index in [0.717, 1.165) is 12.2 Å². The van der Waals surface area contributed by atoms with Gasteiger partial charge in [-0.25, -0.2) is 4.79 Å². The van der Waals surface area contributed by atoms with Gasteiger partial charge in [-0.2, -0.15) is 0 Å². The molecule has 21 heavy (non-hydrogen) atoms. The highest BCUT2D eigenvalue weighted by Gasteiger charge is 2.21.